The third kappa shape index (κ3) is 4.89. The molecule has 0 atom stereocenters. The molecule has 0 radical (unpaired) electrons. The van der Waals surface area contributed by atoms with Crippen molar-refractivity contribution in [2.75, 3.05) is 13.7 Å². The minimum atomic E-state index is -0.460. The first kappa shape index (κ1) is 20.1. The number of hydrogen-bond acceptors (Lipinski definition) is 7. The van der Waals surface area contributed by atoms with Gasteiger partial charge >= 0.3 is 5.97 Å². The molecule has 0 N–H and O–H groups in total. The van der Waals surface area contributed by atoms with E-state index in [4.69, 9.17) is 21.1 Å². The van der Waals surface area contributed by atoms with Gasteiger partial charge in [-0.2, -0.15) is 0 Å². The van der Waals surface area contributed by atoms with Crippen LogP contribution in [0.3, 0.4) is 0 Å². The van der Waals surface area contributed by atoms with Gasteiger partial charge in [0.15, 0.2) is 5.78 Å². The molecule has 1 aromatic heterocycles. The Morgan fingerprint density at radius 1 is 1.23 bits per heavy atom. The van der Waals surface area contributed by atoms with E-state index in [-0.39, 0.29) is 31.0 Å². The number of carbonyl (C=O) groups is 3. The van der Waals surface area contributed by atoms with Crippen LogP contribution in [0.4, 0.5) is 0 Å². The predicted molar refractivity (Wildman–Crippen MR) is 98.5 cm³/mol. The lowest BCUT2D eigenvalue weighted by Gasteiger charge is -2.11. The fourth-order valence-corrected chi connectivity index (χ4v) is 3.35. The molecule has 0 saturated heterocycles. The maximum Gasteiger partial charge on any atom is 0.349 e. The summed E-state index contributed by atoms with van der Waals surface area (Å²) in [6, 6.07) is 3.10. The van der Waals surface area contributed by atoms with Crippen LogP contribution in [0.15, 0.2) is 18.3 Å². The first-order valence-electron chi connectivity index (χ1n) is 7.86. The molecule has 0 fully saturated rings. The summed E-state index contributed by atoms with van der Waals surface area (Å²) in [5.41, 5.74) is 0.907. The summed E-state index contributed by atoms with van der Waals surface area (Å²) in [5.74, 6) is -0.402. The number of carbonyl (C=O) groups excluding carboxylic acids is 3. The molecule has 26 heavy (non-hydrogen) atoms. The van der Waals surface area contributed by atoms with Crippen molar-refractivity contribution in [1.82, 2.24) is 4.98 Å². The number of benzene rings is 1. The lowest BCUT2D eigenvalue weighted by Crippen LogP contribution is -2.07. The standard InChI is InChI=1S/C18H18ClNO5S/c1-4-25-18(23)16-9-20-17(26-16)8-14(22)12-7-13(19)11(5-10(2)21)6-15(12)24-3/h6-7,9H,4-5,8H2,1-3H3. The third-order valence-electron chi connectivity index (χ3n) is 3.45. The first-order valence-corrected chi connectivity index (χ1v) is 9.06. The number of ether oxygens (including phenoxy) is 2. The van der Waals surface area contributed by atoms with Gasteiger partial charge in [0.1, 0.15) is 21.4 Å². The van der Waals surface area contributed by atoms with E-state index in [2.05, 4.69) is 4.98 Å². The smallest absolute Gasteiger partial charge is 0.349 e. The maximum absolute atomic E-state index is 12.6. The zero-order valence-corrected chi connectivity index (χ0v) is 16.2. The van der Waals surface area contributed by atoms with Gasteiger partial charge in [0.05, 0.1) is 31.9 Å². The highest BCUT2D eigenvalue weighted by atomic mass is 35.5. The Balaban J connectivity index is 2.22. The average molecular weight is 396 g/mol. The van der Waals surface area contributed by atoms with E-state index < -0.39 is 5.97 Å². The van der Waals surface area contributed by atoms with E-state index in [1.807, 2.05) is 0 Å². The number of hydrogen-bond donors (Lipinski definition) is 0. The summed E-state index contributed by atoms with van der Waals surface area (Å²) in [6.07, 6.45) is 1.56. The number of methoxy groups -OCH3 is 1. The van der Waals surface area contributed by atoms with Gasteiger partial charge in [0.2, 0.25) is 0 Å². The Hall–Kier alpha value is -2.25. The lowest BCUT2D eigenvalue weighted by atomic mass is 10.0. The third-order valence-corrected chi connectivity index (χ3v) is 4.78. The van der Waals surface area contributed by atoms with Crippen molar-refractivity contribution >= 4 is 40.5 Å². The normalized spacial score (nSPS) is 10.5. The minimum Gasteiger partial charge on any atom is -0.496 e. The summed E-state index contributed by atoms with van der Waals surface area (Å²) in [4.78, 5) is 40.1. The number of ketones is 2. The van der Waals surface area contributed by atoms with E-state index in [9.17, 15) is 14.4 Å². The van der Waals surface area contributed by atoms with Crippen molar-refractivity contribution in [1.29, 1.82) is 0 Å². The van der Waals surface area contributed by atoms with Crippen LogP contribution in [-0.4, -0.2) is 36.2 Å². The van der Waals surface area contributed by atoms with Crippen molar-refractivity contribution in [3.63, 3.8) is 0 Å². The Labute approximate surface area is 160 Å². The van der Waals surface area contributed by atoms with Gasteiger partial charge in [-0.05, 0) is 31.5 Å². The zero-order chi connectivity index (χ0) is 19.3. The number of Topliss-reactive ketones (excluding diaryl/α,β-unsaturated/α-hetero) is 2. The number of rotatable bonds is 8. The molecule has 6 nitrogen and oxygen atoms in total. The van der Waals surface area contributed by atoms with Crippen molar-refractivity contribution in [3.8, 4) is 5.75 Å². The van der Waals surface area contributed by atoms with Crippen LogP contribution in [0.2, 0.25) is 5.02 Å². The quantitative estimate of drug-likeness (QED) is 0.502. The Bertz CT molecular complexity index is 846. The van der Waals surface area contributed by atoms with Gasteiger partial charge in [-0.15, -0.1) is 11.3 Å². The zero-order valence-electron chi connectivity index (χ0n) is 14.6. The van der Waals surface area contributed by atoms with Gasteiger partial charge in [0, 0.05) is 11.4 Å². The summed E-state index contributed by atoms with van der Waals surface area (Å²) < 4.78 is 10.2. The van der Waals surface area contributed by atoms with E-state index in [0.29, 0.717) is 31.8 Å². The molecule has 8 heteroatoms. The Morgan fingerprint density at radius 3 is 2.58 bits per heavy atom. The van der Waals surface area contributed by atoms with Crippen LogP contribution < -0.4 is 4.74 Å². The van der Waals surface area contributed by atoms with Gasteiger partial charge in [-0.1, -0.05) is 11.6 Å². The van der Waals surface area contributed by atoms with Crippen molar-refractivity contribution in [2.45, 2.75) is 26.7 Å². The predicted octanol–water partition coefficient (Wildman–Crippen LogP) is 3.54. The van der Waals surface area contributed by atoms with Crippen LogP contribution in [-0.2, 0) is 22.4 Å². The Morgan fingerprint density at radius 2 is 1.96 bits per heavy atom. The van der Waals surface area contributed by atoms with E-state index in [1.165, 1.54) is 26.3 Å². The fraction of sp³-hybridized carbons (Fsp3) is 0.333. The molecule has 2 aromatic rings. The van der Waals surface area contributed by atoms with Gasteiger partial charge in [0.25, 0.3) is 0 Å². The molecular weight excluding hydrogens is 378 g/mol. The SMILES string of the molecule is CCOC(=O)c1cnc(CC(=O)c2cc(Cl)c(CC(C)=O)cc2OC)s1. The van der Waals surface area contributed by atoms with Crippen molar-refractivity contribution in [3.05, 3.63) is 44.4 Å². The van der Waals surface area contributed by atoms with Crippen LogP contribution in [0.25, 0.3) is 0 Å². The van der Waals surface area contributed by atoms with E-state index in [0.717, 1.165) is 11.3 Å². The number of halogens is 1. The Kier molecular flexibility index (Phi) is 6.88. The lowest BCUT2D eigenvalue weighted by molar-refractivity contribution is -0.116. The molecule has 1 heterocycles. The van der Waals surface area contributed by atoms with Gasteiger partial charge < -0.3 is 9.47 Å². The highest BCUT2D eigenvalue weighted by Crippen LogP contribution is 2.29. The number of aromatic nitrogens is 1. The molecule has 0 saturated carbocycles. The number of nitrogens with zero attached hydrogens (tertiary/aromatic N) is 1. The molecule has 0 aliphatic carbocycles. The topological polar surface area (TPSA) is 82.6 Å². The molecule has 138 valence electrons. The summed E-state index contributed by atoms with van der Waals surface area (Å²) in [5, 5.41) is 0.819. The van der Waals surface area contributed by atoms with Gasteiger partial charge in [-0.25, -0.2) is 9.78 Å². The van der Waals surface area contributed by atoms with E-state index in [1.54, 1.807) is 13.0 Å². The second-order valence-corrected chi connectivity index (χ2v) is 6.98. The molecule has 1 aromatic carbocycles. The highest BCUT2D eigenvalue weighted by Gasteiger charge is 2.19. The molecular formula is C18H18ClNO5S. The molecule has 0 aliphatic heterocycles. The summed E-state index contributed by atoms with van der Waals surface area (Å²) in [7, 11) is 1.44. The van der Waals surface area contributed by atoms with Crippen LogP contribution in [0.1, 0.15) is 44.4 Å². The fourth-order valence-electron chi connectivity index (χ4n) is 2.31. The molecule has 0 amide bonds. The summed E-state index contributed by atoms with van der Waals surface area (Å²) >= 11 is 7.30. The summed E-state index contributed by atoms with van der Waals surface area (Å²) in [6.45, 7) is 3.45. The average Bonchev–Trinajstić information content (AvgIpc) is 3.04. The first-order chi connectivity index (χ1) is 12.3. The monoisotopic (exact) mass is 395 g/mol. The molecule has 0 unspecified atom stereocenters. The minimum absolute atomic E-state index is 0.00279. The second kappa shape index (κ2) is 8.91. The molecule has 0 spiro atoms. The van der Waals surface area contributed by atoms with Crippen LogP contribution >= 0.6 is 22.9 Å². The maximum atomic E-state index is 12.6. The molecule has 2 rings (SSSR count). The highest BCUT2D eigenvalue weighted by molar-refractivity contribution is 7.13. The second-order valence-electron chi connectivity index (χ2n) is 5.46. The largest absolute Gasteiger partial charge is 0.496 e. The molecule has 0 bridgehead atoms. The number of thiazole rings is 1. The van der Waals surface area contributed by atoms with Crippen LogP contribution in [0, 0.1) is 0 Å². The van der Waals surface area contributed by atoms with Gasteiger partial charge in [-0.3, -0.25) is 9.59 Å². The van der Waals surface area contributed by atoms with Crippen molar-refractivity contribution in [2.24, 2.45) is 0 Å². The number of esters is 1. The molecule has 0 aliphatic rings. The van der Waals surface area contributed by atoms with Crippen LogP contribution in [0.5, 0.6) is 5.75 Å². The van der Waals surface area contributed by atoms with E-state index >= 15 is 0 Å². The van der Waals surface area contributed by atoms with Crippen molar-refractivity contribution < 1.29 is 23.9 Å².